The van der Waals surface area contributed by atoms with Crippen molar-refractivity contribution < 1.29 is 9.90 Å². The second-order valence-electron chi connectivity index (χ2n) is 6.57. The molecule has 2 atom stereocenters. The average molecular weight is 345 g/mol. The molecule has 1 aromatic carbocycles. The second kappa shape index (κ2) is 6.91. The van der Waals surface area contributed by atoms with Crippen LogP contribution < -0.4 is 10.6 Å². The molecule has 6 heteroatoms. The van der Waals surface area contributed by atoms with Crippen LogP contribution in [0.4, 0.5) is 4.79 Å². The van der Waals surface area contributed by atoms with Gasteiger partial charge < -0.3 is 15.7 Å². The first-order valence-corrected chi connectivity index (χ1v) is 9.11. The third kappa shape index (κ3) is 4.13. The lowest BCUT2D eigenvalue weighted by Crippen LogP contribution is -2.44. The van der Waals surface area contributed by atoms with Crippen molar-refractivity contribution in [2.24, 2.45) is 0 Å². The van der Waals surface area contributed by atoms with Gasteiger partial charge in [0.25, 0.3) is 0 Å². The van der Waals surface area contributed by atoms with Crippen molar-refractivity contribution in [3.8, 4) is 0 Å². The van der Waals surface area contributed by atoms with Gasteiger partial charge in [0.15, 0.2) is 0 Å². The van der Waals surface area contributed by atoms with E-state index in [2.05, 4.69) is 15.6 Å². The molecule has 0 spiro atoms. The fraction of sp³-hybridized carbons (Fsp3) is 0.444. The number of aromatic nitrogens is 1. The van der Waals surface area contributed by atoms with E-state index in [1.165, 1.54) is 17.8 Å². The molecule has 1 aliphatic carbocycles. The predicted octanol–water partition coefficient (Wildman–Crippen LogP) is 3.29. The summed E-state index contributed by atoms with van der Waals surface area (Å²) in [6, 6.07) is 8.85. The Kier molecular flexibility index (Phi) is 4.87. The number of nitrogens with one attached hydrogen (secondary N) is 2. The van der Waals surface area contributed by atoms with Crippen molar-refractivity contribution >= 4 is 17.4 Å². The molecule has 2 amide bonds. The van der Waals surface area contributed by atoms with Crippen LogP contribution >= 0.6 is 11.3 Å². The van der Waals surface area contributed by atoms with Crippen LogP contribution in [0.3, 0.4) is 0 Å². The number of benzene rings is 1. The van der Waals surface area contributed by atoms with E-state index < -0.39 is 5.60 Å². The highest BCUT2D eigenvalue weighted by atomic mass is 32.1. The van der Waals surface area contributed by atoms with Gasteiger partial charge in [-0.1, -0.05) is 30.3 Å². The van der Waals surface area contributed by atoms with Gasteiger partial charge in [-0.25, -0.2) is 9.78 Å². The third-order valence-corrected chi connectivity index (χ3v) is 5.27. The zero-order valence-electron chi connectivity index (χ0n) is 14.0. The van der Waals surface area contributed by atoms with E-state index in [0.717, 1.165) is 11.3 Å². The lowest BCUT2D eigenvalue weighted by molar-refractivity contribution is 0.0593. The average Bonchev–Trinajstić information content (AvgIpc) is 3.31. The van der Waals surface area contributed by atoms with Crippen LogP contribution in [0.15, 0.2) is 35.7 Å². The van der Waals surface area contributed by atoms with Crippen LogP contribution in [0.5, 0.6) is 0 Å². The number of aliphatic hydroxyl groups is 1. The maximum Gasteiger partial charge on any atom is 0.315 e. The number of urea groups is 1. The summed E-state index contributed by atoms with van der Waals surface area (Å²) in [7, 11) is 0. The number of thiazole rings is 1. The molecule has 1 aromatic heterocycles. The molecule has 1 fully saturated rings. The Balaban J connectivity index is 1.51. The summed E-state index contributed by atoms with van der Waals surface area (Å²) in [5.74, 6) is 0.630. The Morgan fingerprint density at radius 1 is 1.42 bits per heavy atom. The van der Waals surface area contributed by atoms with Crippen molar-refractivity contribution in [2.45, 2.75) is 44.2 Å². The number of carbonyl (C=O) groups is 1. The molecule has 128 valence electrons. The Hall–Kier alpha value is -1.92. The molecule has 24 heavy (non-hydrogen) atoms. The van der Waals surface area contributed by atoms with Gasteiger partial charge in [0.1, 0.15) is 5.60 Å². The topological polar surface area (TPSA) is 74.2 Å². The van der Waals surface area contributed by atoms with E-state index in [9.17, 15) is 9.90 Å². The first-order valence-electron chi connectivity index (χ1n) is 8.23. The number of amides is 2. The standard InChI is InChI=1S/C18H23N3O2S/c1-12(15-10-24-16(21-15)13-8-9-13)20-17(22)19-11-18(2,23)14-6-4-3-5-7-14/h3-7,10,12-13,23H,8-9,11H2,1-2H3,(H2,19,20,22)/t12-,18+/m1/s1. The maximum atomic E-state index is 12.1. The normalized spacial score (nSPS) is 17.8. The molecule has 0 saturated heterocycles. The molecule has 1 aliphatic rings. The molecule has 0 aliphatic heterocycles. The minimum Gasteiger partial charge on any atom is -0.384 e. The molecule has 0 radical (unpaired) electrons. The Morgan fingerprint density at radius 2 is 2.12 bits per heavy atom. The summed E-state index contributed by atoms with van der Waals surface area (Å²) in [6.07, 6.45) is 2.45. The Morgan fingerprint density at radius 3 is 2.79 bits per heavy atom. The Labute approximate surface area is 146 Å². The molecule has 2 aromatic rings. The van der Waals surface area contributed by atoms with Crippen molar-refractivity contribution in [3.05, 3.63) is 52.0 Å². The highest BCUT2D eigenvalue weighted by Gasteiger charge is 2.28. The van der Waals surface area contributed by atoms with Crippen LogP contribution in [0.1, 0.15) is 54.9 Å². The first kappa shape index (κ1) is 16.9. The van der Waals surface area contributed by atoms with E-state index in [1.807, 2.05) is 42.6 Å². The van der Waals surface area contributed by atoms with Gasteiger partial charge >= 0.3 is 6.03 Å². The minimum atomic E-state index is -1.11. The lowest BCUT2D eigenvalue weighted by atomic mass is 9.96. The van der Waals surface area contributed by atoms with Gasteiger partial charge in [-0.3, -0.25) is 0 Å². The molecule has 5 nitrogen and oxygen atoms in total. The van der Waals surface area contributed by atoms with Crippen molar-refractivity contribution in [3.63, 3.8) is 0 Å². The highest BCUT2D eigenvalue weighted by Crippen LogP contribution is 2.41. The van der Waals surface area contributed by atoms with Gasteiger partial charge in [0.05, 0.1) is 23.3 Å². The fourth-order valence-corrected chi connectivity index (χ4v) is 3.58. The summed E-state index contributed by atoms with van der Waals surface area (Å²) in [5, 5.41) is 19.3. The minimum absolute atomic E-state index is 0.139. The summed E-state index contributed by atoms with van der Waals surface area (Å²) in [4.78, 5) is 16.7. The molecule has 3 N–H and O–H groups in total. The quantitative estimate of drug-likeness (QED) is 0.752. The van der Waals surface area contributed by atoms with Crippen LogP contribution in [-0.2, 0) is 5.60 Å². The van der Waals surface area contributed by atoms with Gasteiger partial charge in [0, 0.05) is 11.3 Å². The van der Waals surface area contributed by atoms with E-state index in [1.54, 1.807) is 18.3 Å². The van der Waals surface area contributed by atoms with Gasteiger partial charge in [0.2, 0.25) is 0 Å². The molecule has 1 heterocycles. The summed E-state index contributed by atoms with van der Waals surface area (Å²) < 4.78 is 0. The summed E-state index contributed by atoms with van der Waals surface area (Å²) in [5.41, 5.74) is 0.556. The van der Waals surface area contributed by atoms with E-state index >= 15 is 0 Å². The van der Waals surface area contributed by atoms with Crippen molar-refractivity contribution in [1.29, 1.82) is 0 Å². The molecule has 3 rings (SSSR count). The number of rotatable bonds is 6. The largest absolute Gasteiger partial charge is 0.384 e. The summed E-state index contributed by atoms with van der Waals surface area (Å²) >= 11 is 1.67. The monoisotopic (exact) mass is 345 g/mol. The zero-order valence-corrected chi connectivity index (χ0v) is 14.8. The first-order chi connectivity index (χ1) is 11.5. The number of hydrogen-bond donors (Lipinski definition) is 3. The zero-order chi connectivity index (χ0) is 17.2. The SMILES string of the molecule is C[C@@H](NC(=O)NC[C@](C)(O)c1ccccc1)c1csc(C2CC2)n1. The van der Waals surface area contributed by atoms with Crippen LogP contribution in [0.2, 0.25) is 0 Å². The molecule has 1 saturated carbocycles. The number of carbonyl (C=O) groups excluding carboxylic acids is 1. The van der Waals surface area contributed by atoms with E-state index in [4.69, 9.17) is 0 Å². The van der Waals surface area contributed by atoms with Crippen molar-refractivity contribution in [2.75, 3.05) is 6.54 Å². The number of hydrogen-bond acceptors (Lipinski definition) is 4. The van der Waals surface area contributed by atoms with Crippen molar-refractivity contribution in [1.82, 2.24) is 15.6 Å². The van der Waals surface area contributed by atoms with E-state index in [0.29, 0.717) is 5.92 Å². The smallest absolute Gasteiger partial charge is 0.315 e. The number of nitrogens with zero attached hydrogens (tertiary/aromatic N) is 1. The Bertz CT molecular complexity index is 695. The van der Waals surface area contributed by atoms with Crippen LogP contribution in [0, 0.1) is 0 Å². The fourth-order valence-electron chi connectivity index (χ4n) is 2.49. The van der Waals surface area contributed by atoms with Gasteiger partial charge in [-0.05, 0) is 32.3 Å². The molecule has 0 unspecified atom stereocenters. The van der Waals surface area contributed by atoms with Crippen LogP contribution in [-0.4, -0.2) is 22.7 Å². The van der Waals surface area contributed by atoms with Gasteiger partial charge in [-0.2, -0.15) is 0 Å². The van der Waals surface area contributed by atoms with E-state index in [-0.39, 0.29) is 18.6 Å². The molecular weight excluding hydrogens is 322 g/mol. The highest BCUT2D eigenvalue weighted by molar-refractivity contribution is 7.09. The third-order valence-electron chi connectivity index (χ3n) is 4.25. The second-order valence-corrected chi connectivity index (χ2v) is 7.46. The summed E-state index contributed by atoms with van der Waals surface area (Å²) in [6.45, 7) is 3.75. The molecular formula is C18H23N3O2S. The lowest BCUT2D eigenvalue weighted by Gasteiger charge is -2.24. The van der Waals surface area contributed by atoms with Gasteiger partial charge in [-0.15, -0.1) is 11.3 Å². The van der Waals surface area contributed by atoms with Crippen LogP contribution in [0.25, 0.3) is 0 Å². The molecule has 0 bridgehead atoms. The predicted molar refractivity (Wildman–Crippen MR) is 95.1 cm³/mol. The maximum absolute atomic E-state index is 12.1.